The van der Waals surface area contributed by atoms with Gasteiger partial charge >= 0.3 is 6.18 Å². The van der Waals surface area contributed by atoms with Gasteiger partial charge in [-0.15, -0.1) is 0 Å². The molecule has 4 nitrogen and oxygen atoms in total. The van der Waals surface area contributed by atoms with Crippen molar-refractivity contribution in [2.45, 2.75) is 11.7 Å². The van der Waals surface area contributed by atoms with E-state index >= 15 is 0 Å². The lowest BCUT2D eigenvalue weighted by Gasteiger charge is -2.35. The molecule has 1 heterocycles. The molecule has 0 amide bonds. The van der Waals surface area contributed by atoms with Gasteiger partial charge in [0.1, 0.15) is 0 Å². The fourth-order valence-corrected chi connectivity index (χ4v) is 2.06. The van der Waals surface area contributed by atoms with E-state index in [1.54, 1.807) is 0 Å². The molecule has 0 spiro atoms. The van der Waals surface area contributed by atoms with Crippen molar-refractivity contribution in [3.63, 3.8) is 0 Å². The van der Waals surface area contributed by atoms with Gasteiger partial charge in [-0.3, -0.25) is 0 Å². The normalized spacial score (nSPS) is 23.4. The molecule has 1 aromatic rings. The first-order valence-electron chi connectivity index (χ1n) is 5.18. The number of rotatable bonds is 1. The first-order chi connectivity index (χ1) is 8.77. The third-order valence-corrected chi connectivity index (χ3v) is 2.97. The van der Waals surface area contributed by atoms with E-state index in [1.165, 1.54) is 18.2 Å². The Morgan fingerprint density at radius 2 is 1.95 bits per heavy atom. The Kier molecular flexibility index (Phi) is 3.09. The minimum absolute atomic E-state index is 0.154. The minimum atomic E-state index is -4.75. The molecule has 1 atom stereocenters. The summed E-state index contributed by atoms with van der Waals surface area (Å²) in [6.07, 6.45) is -3.76. The van der Waals surface area contributed by atoms with Crippen LogP contribution in [-0.2, 0) is 5.54 Å². The van der Waals surface area contributed by atoms with Gasteiger partial charge in [-0.2, -0.15) is 13.2 Å². The van der Waals surface area contributed by atoms with Gasteiger partial charge in [-0.05, 0) is 17.7 Å². The van der Waals surface area contributed by atoms with Crippen LogP contribution in [0.2, 0.25) is 5.02 Å². The summed E-state index contributed by atoms with van der Waals surface area (Å²) in [5, 5.41) is 2.50. The van der Waals surface area contributed by atoms with E-state index in [0.29, 0.717) is 0 Å². The molecule has 1 unspecified atom stereocenters. The average molecular weight is 291 g/mol. The highest BCUT2D eigenvalue weighted by molar-refractivity contribution is 6.30. The van der Waals surface area contributed by atoms with E-state index in [-0.39, 0.29) is 16.5 Å². The van der Waals surface area contributed by atoms with Crippen LogP contribution in [0.15, 0.2) is 41.2 Å². The number of hydrogen-bond donors (Lipinski definition) is 3. The van der Waals surface area contributed by atoms with Crippen LogP contribution in [0, 0.1) is 0 Å². The summed E-state index contributed by atoms with van der Waals surface area (Å²) in [5.74, 6) is -0.369. The van der Waals surface area contributed by atoms with Gasteiger partial charge in [-0.1, -0.05) is 23.7 Å². The summed E-state index contributed by atoms with van der Waals surface area (Å²) in [4.78, 5) is 3.48. The summed E-state index contributed by atoms with van der Waals surface area (Å²) in [6, 6.07) is 5.27. The molecule has 19 heavy (non-hydrogen) atoms. The van der Waals surface area contributed by atoms with Gasteiger partial charge in [0.25, 0.3) is 0 Å². The molecule has 0 saturated heterocycles. The van der Waals surface area contributed by atoms with Crippen molar-refractivity contribution in [3.05, 3.63) is 46.7 Å². The number of halogens is 4. The number of nitrogens with one attached hydrogen (secondary N) is 1. The van der Waals surface area contributed by atoms with Gasteiger partial charge in [0, 0.05) is 11.2 Å². The molecule has 2 rings (SSSR count). The predicted octanol–water partition coefficient (Wildman–Crippen LogP) is 1.82. The van der Waals surface area contributed by atoms with Crippen molar-refractivity contribution < 1.29 is 13.2 Å². The van der Waals surface area contributed by atoms with E-state index < -0.39 is 17.4 Å². The van der Waals surface area contributed by atoms with E-state index in [1.807, 2.05) is 0 Å². The van der Waals surface area contributed by atoms with Crippen molar-refractivity contribution >= 4 is 17.6 Å². The van der Waals surface area contributed by atoms with Crippen LogP contribution >= 0.6 is 11.6 Å². The second-order valence-electron chi connectivity index (χ2n) is 3.96. The largest absolute Gasteiger partial charge is 0.423 e. The molecule has 1 aromatic carbocycles. The standard InChI is InChI=1S/C11H10ClF3N4/c12-7-3-1-2-6(4-7)10(11(13,14)15)8(16)5-18-9(17)19-10/h1-5H,16H2,(H3,17,18,19). The molecule has 102 valence electrons. The number of aliphatic imine (C=N–C) groups is 1. The highest BCUT2D eigenvalue weighted by Crippen LogP contribution is 2.47. The number of alkyl halides is 3. The van der Waals surface area contributed by atoms with Crippen LogP contribution in [0.25, 0.3) is 0 Å². The predicted molar refractivity (Wildman–Crippen MR) is 66.2 cm³/mol. The van der Waals surface area contributed by atoms with E-state index in [0.717, 1.165) is 12.3 Å². The highest BCUT2D eigenvalue weighted by atomic mass is 35.5. The fourth-order valence-electron chi connectivity index (χ4n) is 1.87. The van der Waals surface area contributed by atoms with Crippen LogP contribution in [0.5, 0.6) is 0 Å². The summed E-state index contributed by atoms with van der Waals surface area (Å²) in [5.41, 5.74) is 7.46. The molecule has 1 aliphatic heterocycles. The highest BCUT2D eigenvalue weighted by Gasteiger charge is 2.59. The third-order valence-electron chi connectivity index (χ3n) is 2.73. The van der Waals surface area contributed by atoms with Crippen molar-refractivity contribution in [2.75, 3.05) is 0 Å². The smallest absolute Gasteiger partial charge is 0.398 e. The van der Waals surface area contributed by atoms with Crippen molar-refractivity contribution in [1.82, 2.24) is 5.32 Å². The lowest BCUT2D eigenvalue weighted by molar-refractivity contribution is -0.177. The van der Waals surface area contributed by atoms with Crippen molar-refractivity contribution in [2.24, 2.45) is 16.5 Å². The SMILES string of the molecule is NC1=CNC(N)=NC1(c1cccc(Cl)c1)C(F)(F)F. The number of benzene rings is 1. The lowest BCUT2D eigenvalue weighted by Crippen LogP contribution is -2.51. The Labute approximate surface area is 111 Å². The Morgan fingerprint density at radius 1 is 1.26 bits per heavy atom. The molecule has 0 bridgehead atoms. The molecular weight excluding hydrogens is 281 g/mol. The second kappa shape index (κ2) is 4.34. The maximum atomic E-state index is 13.5. The first kappa shape index (κ1) is 13.5. The van der Waals surface area contributed by atoms with Gasteiger partial charge in [0.15, 0.2) is 5.96 Å². The Bertz CT molecular complexity index is 567. The van der Waals surface area contributed by atoms with E-state index in [9.17, 15) is 13.2 Å². The lowest BCUT2D eigenvalue weighted by atomic mass is 9.86. The Balaban J connectivity index is 2.73. The van der Waals surface area contributed by atoms with Gasteiger partial charge in [0.05, 0.1) is 5.70 Å². The maximum Gasteiger partial charge on any atom is 0.423 e. The van der Waals surface area contributed by atoms with Crippen molar-refractivity contribution in [3.8, 4) is 0 Å². The Hall–Kier alpha value is -1.89. The maximum absolute atomic E-state index is 13.5. The monoisotopic (exact) mass is 290 g/mol. The molecule has 0 aromatic heterocycles. The Morgan fingerprint density at radius 3 is 2.53 bits per heavy atom. The van der Waals surface area contributed by atoms with Crippen LogP contribution < -0.4 is 16.8 Å². The van der Waals surface area contributed by atoms with Crippen molar-refractivity contribution in [1.29, 1.82) is 0 Å². The van der Waals surface area contributed by atoms with E-state index in [2.05, 4.69) is 10.3 Å². The topological polar surface area (TPSA) is 76.4 Å². The number of nitrogens with zero attached hydrogens (tertiary/aromatic N) is 1. The molecule has 1 aliphatic rings. The van der Waals surface area contributed by atoms with Gasteiger partial charge in [-0.25, -0.2) is 4.99 Å². The summed E-state index contributed by atoms with van der Waals surface area (Å²) < 4.78 is 40.4. The number of nitrogens with two attached hydrogens (primary N) is 2. The van der Waals surface area contributed by atoms with Gasteiger partial charge in [0.2, 0.25) is 5.54 Å². The fraction of sp³-hybridized carbons (Fsp3) is 0.182. The zero-order valence-electron chi connectivity index (χ0n) is 9.50. The first-order valence-corrected chi connectivity index (χ1v) is 5.56. The summed E-state index contributed by atoms with van der Waals surface area (Å²) in [7, 11) is 0. The average Bonchev–Trinajstić information content (AvgIpc) is 2.30. The number of hydrogen-bond acceptors (Lipinski definition) is 4. The molecule has 5 N–H and O–H groups in total. The van der Waals surface area contributed by atoms with Crippen LogP contribution in [0.3, 0.4) is 0 Å². The van der Waals surface area contributed by atoms with E-state index in [4.69, 9.17) is 23.1 Å². The number of guanidine groups is 1. The molecule has 8 heteroatoms. The quantitative estimate of drug-likeness (QED) is 0.738. The van der Waals surface area contributed by atoms with Crippen LogP contribution in [0.1, 0.15) is 5.56 Å². The summed E-state index contributed by atoms with van der Waals surface area (Å²) >= 11 is 5.74. The van der Waals surface area contributed by atoms with Crippen LogP contribution in [0.4, 0.5) is 13.2 Å². The third kappa shape index (κ3) is 2.10. The zero-order chi connectivity index (χ0) is 14.3. The molecule has 0 aliphatic carbocycles. The zero-order valence-corrected chi connectivity index (χ0v) is 10.3. The molecule has 0 fully saturated rings. The minimum Gasteiger partial charge on any atom is -0.398 e. The van der Waals surface area contributed by atoms with Crippen LogP contribution in [-0.4, -0.2) is 12.1 Å². The summed E-state index contributed by atoms with van der Waals surface area (Å²) in [6.45, 7) is 0. The second-order valence-corrected chi connectivity index (χ2v) is 4.40. The molecule has 0 saturated carbocycles. The molecule has 0 radical (unpaired) electrons. The molecular formula is C11H10ClF3N4. The van der Waals surface area contributed by atoms with Gasteiger partial charge < -0.3 is 16.8 Å².